The van der Waals surface area contributed by atoms with Crippen molar-refractivity contribution in [3.63, 3.8) is 0 Å². The van der Waals surface area contributed by atoms with E-state index in [1.807, 2.05) is 20.8 Å². The number of methoxy groups -OCH3 is 1. The average Bonchev–Trinajstić information content (AvgIpc) is 2.45. The quantitative estimate of drug-likeness (QED) is 0.553. The molecule has 0 aromatic rings. The van der Waals surface area contributed by atoms with Gasteiger partial charge in [0.05, 0.1) is 6.61 Å². The highest BCUT2D eigenvalue weighted by Crippen LogP contribution is 2.10. The Morgan fingerprint density at radius 2 is 1.87 bits per heavy atom. The minimum Gasteiger partial charge on any atom is -0.444 e. The standard InChI is InChI=1S/C18H38N2O3/c1-7-8-9-10-11-16(2)19-12-13-20(14-15-22-6)17(21)23-18(3,4)5/h16,19H,7-15H2,1-6H3. The fraction of sp³-hybridized carbons (Fsp3) is 0.944. The van der Waals surface area contributed by atoms with E-state index in [0.29, 0.717) is 25.7 Å². The number of carbonyl (C=O) groups is 1. The lowest BCUT2D eigenvalue weighted by Gasteiger charge is -2.27. The predicted molar refractivity (Wildman–Crippen MR) is 95.9 cm³/mol. The summed E-state index contributed by atoms with van der Waals surface area (Å²) in [7, 11) is 1.64. The van der Waals surface area contributed by atoms with E-state index in [-0.39, 0.29) is 6.09 Å². The topological polar surface area (TPSA) is 50.8 Å². The van der Waals surface area contributed by atoms with Crippen molar-refractivity contribution in [1.29, 1.82) is 0 Å². The molecule has 5 heteroatoms. The third kappa shape index (κ3) is 13.3. The summed E-state index contributed by atoms with van der Waals surface area (Å²) in [5.41, 5.74) is -0.470. The first-order valence-corrected chi connectivity index (χ1v) is 9.00. The number of ether oxygens (including phenoxy) is 2. The molecule has 0 aliphatic carbocycles. The van der Waals surface area contributed by atoms with E-state index in [0.717, 1.165) is 6.54 Å². The van der Waals surface area contributed by atoms with Gasteiger partial charge in [-0.15, -0.1) is 0 Å². The Labute approximate surface area is 143 Å². The van der Waals surface area contributed by atoms with E-state index < -0.39 is 5.60 Å². The average molecular weight is 331 g/mol. The number of nitrogens with one attached hydrogen (secondary N) is 1. The molecule has 0 radical (unpaired) electrons. The number of hydrogen-bond acceptors (Lipinski definition) is 4. The zero-order valence-electron chi connectivity index (χ0n) is 16.1. The molecule has 0 saturated carbocycles. The normalized spacial score (nSPS) is 13.0. The fourth-order valence-electron chi connectivity index (χ4n) is 2.25. The molecule has 0 bridgehead atoms. The lowest BCUT2D eigenvalue weighted by atomic mass is 10.1. The van der Waals surface area contributed by atoms with Crippen molar-refractivity contribution in [2.75, 3.05) is 33.4 Å². The monoisotopic (exact) mass is 330 g/mol. The van der Waals surface area contributed by atoms with E-state index in [1.54, 1.807) is 12.0 Å². The highest BCUT2D eigenvalue weighted by Gasteiger charge is 2.21. The Bertz CT molecular complexity index is 303. The van der Waals surface area contributed by atoms with Crippen LogP contribution in [0.4, 0.5) is 4.79 Å². The molecule has 23 heavy (non-hydrogen) atoms. The van der Waals surface area contributed by atoms with Crippen LogP contribution in [0, 0.1) is 0 Å². The second-order valence-corrected chi connectivity index (χ2v) is 7.16. The highest BCUT2D eigenvalue weighted by atomic mass is 16.6. The van der Waals surface area contributed by atoms with Gasteiger partial charge < -0.3 is 19.7 Å². The Balaban J connectivity index is 4.11. The van der Waals surface area contributed by atoms with E-state index in [2.05, 4.69) is 19.2 Å². The third-order valence-corrected chi connectivity index (χ3v) is 3.58. The van der Waals surface area contributed by atoms with Crippen LogP contribution in [0.25, 0.3) is 0 Å². The Kier molecular flexibility index (Phi) is 12.1. The molecule has 1 N–H and O–H groups in total. The molecule has 0 aromatic carbocycles. The lowest BCUT2D eigenvalue weighted by Crippen LogP contribution is -2.43. The molecule has 0 aliphatic heterocycles. The van der Waals surface area contributed by atoms with Gasteiger partial charge in [0.25, 0.3) is 0 Å². The smallest absolute Gasteiger partial charge is 0.410 e. The number of carbonyl (C=O) groups excluding carboxylic acids is 1. The Morgan fingerprint density at radius 1 is 1.17 bits per heavy atom. The summed E-state index contributed by atoms with van der Waals surface area (Å²) < 4.78 is 10.5. The van der Waals surface area contributed by atoms with Crippen LogP contribution in [-0.4, -0.2) is 56.0 Å². The van der Waals surface area contributed by atoms with Crippen molar-refractivity contribution < 1.29 is 14.3 Å². The molecule has 0 aromatic heterocycles. The van der Waals surface area contributed by atoms with Crippen LogP contribution in [0.3, 0.4) is 0 Å². The molecule has 138 valence electrons. The summed E-state index contributed by atoms with van der Waals surface area (Å²) in [5.74, 6) is 0. The van der Waals surface area contributed by atoms with Crippen molar-refractivity contribution >= 4 is 6.09 Å². The Hall–Kier alpha value is -0.810. The van der Waals surface area contributed by atoms with Gasteiger partial charge >= 0.3 is 6.09 Å². The first-order valence-electron chi connectivity index (χ1n) is 9.00. The van der Waals surface area contributed by atoms with Crippen LogP contribution >= 0.6 is 0 Å². The first kappa shape index (κ1) is 22.2. The molecule has 1 atom stereocenters. The predicted octanol–water partition coefficient (Wildman–Crippen LogP) is 3.82. The minimum atomic E-state index is -0.470. The van der Waals surface area contributed by atoms with Crippen molar-refractivity contribution in [3.05, 3.63) is 0 Å². The van der Waals surface area contributed by atoms with Gasteiger partial charge in [-0.05, 0) is 34.1 Å². The number of unbranched alkanes of at least 4 members (excludes halogenated alkanes) is 3. The largest absolute Gasteiger partial charge is 0.444 e. The van der Waals surface area contributed by atoms with E-state index in [1.165, 1.54) is 32.1 Å². The fourth-order valence-corrected chi connectivity index (χ4v) is 2.25. The molecule has 0 rings (SSSR count). The van der Waals surface area contributed by atoms with Gasteiger partial charge in [-0.1, -0.05) is 32.6 Å². The van der Waals surface area contributed by atoms with Crippen molar-refractivity contribution in [1.82, 2.24) is 10.2 Å². The van der Waals surface area contributed by atoms with Gasteiger partial charge in [0, 0.05) is 32.8 Å². The number of amides is 1. The van der Waals surface area contributed by atoms with Crippen molar-refractivity contribution in [2.24, 2.45) is 0 Å². The number of nitrogens with zero attached hydrogens (tertiary/aromatic N) is 1. The van der Waals surface area contributed by atoms with Crippen molar-refractivity contribution in [3.8, 4) is 0 Å². The van der Waals surface area contributed by atoms with E-state index >= 15 is 0 Å². The van der Waals surface area contributed by atoms with Crippen LogP contribution in [0.1, 0.15) is 66.7 Å². The first-order chi connectivity index (χ1) is 10.8. The van der Waals surface area contributed by atoms with Gasteiger partial charge in [-0.2, -0.15) is 0 Å². The second-order valence-electron chi connectivity index (χ2n) is 7.16. The lowest BCUT2D eigenvalue weighted by molar-refractivity contribution is 0.0203. The van der Waals surface area contributed by atoms with Gasteiger partial charge in [-0.25, -0.2) is 4.79 Å². The molecular formula is C18H38N2O3. The summed E-state index contributed by atoms with van der Waals surface area (Å²) >= 11 is 0. The van der Waals surface area contributed by atoms with Crippen LogP contribution in [0.5, 0.6) is 0 Å². The molecule has 5 nitrogen and oxygen atoms in total. The Morgan fingerprint density at radius 3 is 2.43 bits per heavy atom. The molecule has 1 amide bonds. The third-order valence-electron chi connectivity index (χ3n) is 3.58. The maximum Gasteiger partial charge on any atom is 0.410 e. The molecule has 0 saturated heterocycles. The number of hydrogen-bond donors (Lipinski definition) is 1. The molecule has 0 heterocycles. The van der Waals surface area contributed by atoms with Crippen LogP contribution < -0.4 is 5.32 Å². The maximum atomic E-state index is 12.2. The van der Waals surface area contributed by atoms with Crippen molar-refractivity contribution in [2.45, 2.75) is 78.4 Å². The van der Waals surface area contributed by atoms with Gasteiger partial charge in [-0.3, -0.25) is 0 Å². The van der Waals surface area contributed by atoms with Crippen LogP contribution in [-0.2, 0) is 9.47 Å². The summed E-state index contributed by atoms with van der Waals surface area (Å²) in [6, 6.07) is 0.481. The van der Waals surface area contributed by atoms with Gasteiger partial charge in [0.15, 0.2) is 0 Å². The zero-order chi connectivity index (χ0) is 17.7. The van der Waals surface area contributed by atoms with Crippen LogP contribution in [0.15, 0.2) is 0 Å². The van der Waals surface area contributed by atoms with Gasteiger partial charge in [0.2, 0.25) is 0 Å². The molecule has 0 spiro atoms. The van der Waals surface area contributed by atoms with Crippen LogP contribution in [0.2, 0.25) is 0 Å². The molecular weight excluding hydrogens is 292 g/mol. The van der Waals surface area contributed by atoms with Gasteiger partial charge in [0.1, 0.15) is 5.60 Å². The van der Waals surface area contributed by atoms with E-state index in [9.17, 15) is 4.79 Å². The number of rotatable bonds is 12. The summed E-state index contributed by atoms with van der Waals surface area (Å²) in [6.45, 7) is 12.6. The molecule has 0 fully saturated rings. The summed E-state index contributed by atoms with van der Waals surface area (Å²) in [4.78, 5) is 13.9. The summed E-state index contributed by atoms with van der Waals surface area (Å²) in [6.07, 6.45) is 6.07. The zero-order valence-corrected chi connectivity index (χ0v) is 16.1. The minimum absolute atomic E-state index is 0.271. The maximum absolute atomic E-state index is 12.2. The van der Waals surface area contributed by atoms with E-state index in [4.69, 9.17) is 9.47 Å². The summed E-state index contributed by atoms with van der Waals surface area (Å²) in [5, 5.41) is 3.49. The molecule has 0 aliphatic rings. The highest BCUT2D eigenvalue weighted by molar-refractivity contribution is 5.68. The molecule has 1 unspecified atom stereocenters. The SMILES string of the molecule is CCCCCCC(C)NCCN(CCOC)C(=O)OC(C)(C)C. The second kappa shape index (κ2) is 12.6.